The van der Waals surface area contributed by atoms with Crippen LogP contribution in [0.1, 0.15) is 49.9 Å². The summed E-state index contributed by atoms with van der Waals surface area (Å²) in [6.45, 7) is 4.77. The summed E-state index contributed by atoms with van der Waals surface area (Å²) in [5.41, 5.74) is 1.16. The average molecular weight is 357 g/mol. The molecule has 1 saturated carbocycles. The molecule has 0 spiro atoms. The fourth-order valence-corrected chi connectivity index (χ4v) is 3.12. The zero-order valence-corrected chi connectivity index (χ0v) is 15.5. The number of hydrogen-bond acceptors (Lipinski definition) is 3. The number of anilines is 1. The van der Waals surface area contributed by atoms with E-state index in [2.05, 4.69) is 10.6 Å². The number of piperidine rings is 1. The minimum Gasteiger partial charge on any atom is -0.353 e. The molecule has 1 heterocycles. The molecule has 140 valence electrons. The average Bonchev–Trinajstić information content (AvgIpc) is 3.45. The van der Waals surface area contributed by atoms with Gasteiger partial charge in [-0.25, -0.2) is 0 Å². The maximum Gasteiger partial charge on any atom is 0.253 e. The number of carbonyl (C=O) groups excluding carboxylic acids is 3. The lowest BCUT2D eigenvalue weighted by molar-refractivity contribution is -0.126. The molecule has 6 heteroatoms. The molecule has 1 aromatic carbocycles. The summed E-state index contributed by atoms with van der Waals surface area (Å²) < 4.78 is 0. The molecule has 0 aromatic heterocycles. The molecule has 2 fully saturated rings. The van der Waals surface area contributed by atoms with Crippen molar-refractivity contribution in [1.82, 2.24) is 10.2 Å². The second kappa shape index (κ2) is 7.89. The molecule has 1 aliphatic carbocycles. The third-order valence-electron chi connectivity index (χ3n) is 4.90. The van der Waals surface area contributed by atoms with Gasteiger partial charge in [-0.1, -0.05) is 19.9 Å². The molecule has 0 radical (unpaired) electrons. The van der Waals surface area contributed by atoms with Crippen LogP contribution in [0.2, 0.25) is 0 Å². The van der Waals surface area contributed by atoms with E-state index in [-0.39, 0.29) is 29.6 Å². The first-order valence-corrected chi connectivity index (χ1v) is 9.44. The monoisotopic (exact) mass is 357 g/mol. The first-order valence-electron chi connectivity index (χ1n) is 9.44. The Morgan fingerprint density at radius 3 is 2.62 bits per heavy atom. The maximum atomic E-state index is 12.9. The van der Waals surface area contributed by atoms with Gasteiger partial charge in [0.25, 0.3) is 5.91 Å². The van der Waals surface area contributed by atoms with Crippen molar-refractivity contribution >= 4 is 23.4 Å². The molecule has 1 saturated heterocycles. The van der Waals surface area contributed by atoms with Gasteiger partial charge in [-0.3, -0.25) is 14.4 Å². The molecule has 3 amide bonds. The van der Waals surface area contributed by atoms with Gasteiger partial charge < -0.3 is 15.5 Å². The minimum absolute atomic E-state index is 0.0722. The van der Waals surface area contributed by atoms with E-state index in [0.29, 0.717) is 30.4 Å². The Bertz CT molecular complexity index is 697. The number of carbonyl (C=O) groups is 3. The molecule has 26 heavy (non-hydrogen) atoms. The minimum atomic E-state index is -0.128. The van der Waals surface area contributed by atoms with Crippen molar-refractivity contribution in [3.05, 3.63) is 29.8 Å². The highest BCUT2D eigenvalue weighted by Gasteiger charge is 2.32. The van der Waals surface area contributed by atoms with Crippen molar-refractivity contribution < 1.29 is 14.4 Å². The van der Waals surface area contributed by atoms with Gasteiger partial charge in [-0.05, 0) is 43.9 Å². The Kier molecular flexibility index (Phi) is 5.59. The summed E-state index contributed by atoms with van der Waals surface area (Å²) >= 11 is 0. The van der Waals surface area contributed by atoms with Crippen molar-refractivity contribution in [1.29, 1.82) is 0 Å². The molecule has 0 unspecified atom stereocenters. The number of hydrogen-bond donors (Lipinski definition) is 2. The van der Waals surface area contributed by atoms with E-state index in [1.54, 1.807) is 29.2 Å². The molecule has 1 aromatic rings. The Hall–Kier alpha value is -2.37. The lowest BCUT2D eigenvalue weighted by Gasteiger charge is -2.32. The highest BCUT2D eigenvalue weighted by molar-refractivity contribution is 5.97. The van der Waals surface area contributed by atoms with E-state index in [1.807, 2.05) is 13.8 Å². The maximum absolute atomic E-state index is 12.9. The van der Waals surface area contributed by atoms with Crippen molar-refractivity contribution in [2.45, 2.75) is 45.6 Å². The van der Waals surface area contributed by atoms with Crippen LogP contribution < -0.4 is 10.6 Å². The molecule has 2 aliphatic rings. The van der Waals surface area contributed by atoms with Crippen LogP contribution in [0.15, 0.2) is 24.3 Å². The third-order valence-corrected chi connectivity index (χ3v) is 4.90. The van der Waals surface area contributed by atoms with Crippen LogP contribution in [0.25, 0.3) is 0 Å². The van der Waals surface area contributed by atoms with E-state index < -0.39 is 0 Å². The smallest absolute Gasteiger partial charge is 0.253 e. The van der Waals surface area contributed by atoms with Crippen molar-refractivity contribution in [3.63, 3.8) is 0 Å². The number of nitrogens with zero attached hydrogens (tertiary/aromatic N) is 1. The quantitative estimate of drug-likeness (QED) is 0.849. The van der Waals surface area contributed by atoms with Crippen LogP contribution in [0, 0.1) is 11.8 Å². The number of nitrogens with one attached hydrogen (secondary N) is 2. The van der Waals surface area contributed by atoms with Gasteiger partial charge >= 0.3 is 0 Å². The molecule has 2 N–H and O–H groups in total. The molecule has 3 rings (SSSR count). The van der Waals surface area contributed by atoms with Crippen LogP contribution in [0.3, 0.4) is 0 Å². The van der Waals surface area contributed by atoms with Crippen LogP contribution in [0.5, 0.6) is 0 Å². The first kappa shape index (κ1) is 18.4. The van der Waals surface area contributed by atoms with Crippen LogP contribution in [-0.2, 0) is 9.59 Å². The Labute approximate surface area is 154 Å². The molecular formula is C20H27N3O3. The largest absolute Gasteiger partial charge is 0.353 e. The number of amides is 3. The van der Waals surface area contributed by atoms with Gasteiger partial charge in [0.2, 0.25) is 11.8 Å². The molecule has 6 nitrogen and oxygen atoms in total. The summed E-state index contributed by atoms with van der Waals surface area (Å²) in [6.07, 6.45) is 3.79. The normalized spacial score (nSPS) is 20.0. The molecule has 1 aliphatic heterocycles. The van der Waals surface area contributed by atoms with E-state index in [4.69, 9.17) is 0 Å². The summed E-state index contributed by atoms with van der Waals surface area (Å²) in [5.74, 6) is -0.346. The zero-order chi connectivity index (χ0) is 18.7. The van der Waals surface area contributed by atoms with E-state index in [0.717, 1.165) is 25.7 Å². The molecule has 0 bridgehead atoms. The number of benzene rings is 1. The summed E-state index contributed by atoms with van der Waals surface area (Å²) in [4.78, 5) is 38.8. The van der Waals surface area contributed by atoms with Gasteiger partial charge in [-0.15, -0.1) is 0 Å². The highest BCUT2D eigenvalue weighted by atomic mass is 16.2. The highest BCUT2D eigenvalue weighted by Crippen LogP contribution is 2.23. The summed E-state index contributed by atoms with van der Waals surface area (Å²) in [7, 11) is 0. The van der Waals surface area contributed by atoms with Gasteiger partial charge in [0, 0.05) is 36.3 Å². The Balaban J connectivity index is 1.64. The lowest BCUT2D eigenvalue weighted by atomic mass is 9.96. The van der Waals surface area contributed by atoms with Crippen molar-refractivity contribution in [2.75, 3.05) is 18.4 Å². The lowest BCUT2D eigenvalue weighted by Crippen LogP contribution is -2.45. The van der Waals surface area contributed by atoms with Crippen LogP contribution >= 0.6 is 0 Å². The predicted octanol–water partition coefficient (Wildman–Crippen LogP) is 2.41. The zero-order valence-electron chi connectivity index (χ0n) is 15.5. The predicted molar refractivity (Wildman–Crippen MR) is 99.7 cm³/mol. The van der Waals surface area contributed by atoms with E-state index >= 15 is 0 Å². The molecule has 1 atom stereocenters. The van der Waals surface area contributed by atoms with Gasteiger partial charge in [0.05, 0.1) is 5.92 Å². The van der Waals surface area contributed by atoms with E-state index in [1.165, 1.54) is 0 Å². The SMILES string of the molecule is CC(C)C(=O)Nc1cccc(C(=O)N2CCC[C@H](C(=O)NC3CC3)C2)c1. The summed E-state index contributed by atoms with van der Waals surface area (Å²) in [6, 6.07) is 7.34. The Morgan fingerprint density at radius 2 is 1.92 bits per heavy atom. The fraction of sp³-hybridized carbons (Fsp3) is 0.550. The second-order valence-electron chi connectivity index (χ2n) is 7.60. The van der Waals surface area contributed by atoms with Gasteiger partial charge in [-0.2, -0.15) is 0 Å². The summed E-state index contributed by atoms with van der Waals surface area (Å²) in [5, 5.41) is 5.86. The first-order chi connectivity index (χ1) is 12.4. The topological polar surface area (TPSA) is 78.5 Å². The Morgan fingerprint density at radius 1 is 1.15 bits per heavy atom. The molecular weight excluding hydrogens is 330 g/mol. The van der Waals surface area contributed by atoms with Crippen molar-refractivity contribution in [3.8, 4) is 0 Å². The third kappa shape index (κ3) is 4.62. The van der Waals surface area contributed by atoms with Gasteiger partial charge in [0.15, 0.2) is 0 Å². The van der Waals surface area contributed by atoms with Crippen LogP contribution in [0.4, 0.5) is 5.69 Å². The van der Waals surface area contributed by atoms with E-state index in [9.17, 15) is 14.4 Å². The van der Waals surface area contributed by atoms with Gasteiger partial charge in [0.1, 0.15) is 0 Å². The standard InChI is InChI=1S/C20H27N3O3/c1-13(2)18(24)22-17-7-3-5-14(11-17)20(26)23-10-4-6-15(12-23)19(25)21-16-8-9-16/h3,5,7,11,13,15-16H,4,6,8-10,12H2,1-2H3,(H,21,25)(H,22,24)/t15-/m0/s1. The van der Waals surface area contributed by atoms with Crippen molar-refractivity contribution in [2.24, 2.45) is 11.8 Å². The number of rotatable bonds is 5. The second-order valence-corrected chi connectivity index (χ2v) is 7.60. The van der Waals surface area contributed by atoms with Crippen LogP contribution in [-0.4, -0.2) is 41.8 Å². The fourth-order valence-electron chi connectivity index (χ4n) is 3.12. The number of likely N-dealkylation sites (tertiary alicyclic amines) is 1.